The third-order valence-corrected chi connectivity index (χ3v) is 7.15. The van der Waals surface area contributed by atoms with E-state index in [2.05, 4.69) is 9.29 Å². The van der Waals surface area contributed by atoms with E-state index in [0.29, 0.717) is 18.2 Å². The van der Waals surface area contributed by atoms with Gasteiger partial charge in [-0.3, -0.25) is 4.72 Å². The van der Waals surface area contributed by atoms with Crippen molar-refractivity contribution in [2.75, 3.05) is 10.5 Å². The zero-order valence-electron chi connectivity index (χ0n) is 16.5. The van der Waals surface area contributed by atoms with Crippen molar-refractivity contribution < 1.29 is 12.8 Å². The van der Waals surface area contributed by atoms with Gasteiger partial charge in [-0.1, -0.05) is 44.2 Å². The van der Waals surface area contributed by atoms with Gasteiger partial charge in [0.2, 0.25) is 10.0 Å². The van der Waals surface area contributed by atoms with Crippen LogP contribution in [-0.4, -0.2) is 18.7 Å². The number of rotatable bonds is 7. The molecular formula is C23H27FN2O2S. The minimum absolute atomic E-state index is 0.182. The lowest BCUT2D eigenvalue weighted by Crippen LogP contribution is -2.20. The molecule has 0 spiro atoms. The zero-order chi connectivity index (χ0) is 20.3. The second-order valence-electron chi connectivity index (χ2n) is 8.06. The number of sulfonamides is 1. The molecule has 0 radical (unpaired) electrons. The number of nitrogens with zero attached hydrogens (tertiary/aromatic N) is 1. The molecule has 0 saturated heterocycles. The Morgan fingerprint density at radius 3 is 2.52 bits per heavy atom. The van der Waals surface area contributed by atoms with Gasteiger partial charge in [0, 0.05) is 29.3 Å². The van der Waals surface area contributed by atoms with E-state index in [0.717, 1.165) is 35.7 Å². The Labute approximate surface area is 171 Å². The van der Waals surface area contributed by atoms with Gasteiger partial charge in [0.05, 0.1) is 5.75 Å². The summed E-state index contributed by atoms with van der Waals surface area (Å²) in [7, 11) is -3.34. The summed E-state index contributed by atoms with van der Waals surface area (Å²) < 4.78 is 42.9. The molecule has 29 heavy (non-hydrogen) atoms. The van der Waals surface area contributed by atoms with E-state index in [4.69, 9.17) is 0 Å². The van der Waals surface area contributed by atoms with E-state index in [-0.39, 0.29) is 11.6 Å². The number of aromatic nitrogens is 1. The maximum atomic E-state index is 13.1. The van der Waals surface area contributed by atoms with Gasteiger partial charge in [-0.05, 0) is 54.3 Å². The fourth-order valence-corrected chi connectivity index (χ4v) is 5.45. The van der Waals surface area contributed by atoms with Gasteiger partial charge in [-0.25, -0.2) is 12.8 Å². The van der Waals surface area contributed by atoms with Crippen LogP contribution in [0.1, 0.15) is 44.1 Å². The standard InChI is InChI=1S/C23H27FN2O2S/c24-21-8-6-19(7-9-21)17-26-14-12-20-16-22(10-11-23(20)26)25-29(27,28)15-13-18-4-2-1-3-5-18/h6-12,14,16,18,25H,1-5,13,15,17H2. The first-order valence-corrected chi connectivity index (χ1v) is 12.0. The largest absolute Gasteiger partial charge is 0.343 e. The Morgan fingerprint density at radius 1 is 1.00 bits per heavy atom. The van der Waals surface area contributed by atoms with Crippen LogP contribution in [0.2, 0.25) is 0 Å². The number of anilines is 1. The molecule has 2 aromatic carbocycles. The topological polar surface area (TPSA) is 51.1 Å². The number of halogens is 1. The van der Waals surface area contributed by atoms with Crippen LogP contribution >= 0.6 is 0 Å². The summed E-state index contributed by atoms with van der Waals surface area (Å²) in [6.07, 6.45) is 8.75. The SMILES string of the molecule is O=S(=O)(CCC1CCCCC1)Nc1ccc2c(ccn2Cc2ccc(F)cc2)c1. The minimum Gasteiger partial charge on any atom is -0.343 e. The van der Waals surface area contributed by atoms with Crippen LogP contribution in [-0.2, 0) is 16.6 Å². The molecule has 0 atom stereocenters. The molecule has 1 aliphatic rings. The smallest absolute Gasteiger partial charge is 0.232 e. The molecule has 6 heteroatoms. The first kappa shape index (κ1) is 20.0. The van der Waals surface area contributed by atoms with Crippen molar-refractivity contribution in [1.29, 1.82) is 0 Å². The molecule has 154 valence electrons. The van der Waals surface area contributed by atoms with Crippen LogP contribution in [0.4, 0.5) is 10.1 Å². The van der Waals surface area contributed by atoms with Crippen molar-refractivity contribution in [3.8, 4) is 0 Å². The summed E-state index contributed by atoms with van der Waals surface area (Å²) in [5.74, 6) is 0.483. The molecule has 1 saturated carbocycles. The van der Waals surface area contributed by atoms with Gasteiger partial charge >= 0.3 is 0 Å². The van der Waals surface area contributed by atoms with Gasteiger partial charge in [-0.15, -0.1) is 0 Å². The predicted molar refractivity (Wildman–Crippen MR) is 116 cm³/mol. The summed E-state index contributed by atoms with van der Waals surface area (Å²) in [5, 5.41) is 0.972. The fourth-order valence-electron chi connectivity index (χ4n) is 4.22. The van der Waals surface area contributed by atoms with Crippen molar-refractivity contribution in [3.05, 3.63) is 66.1 Å². The van der Waals surface area contributed by atoms with E-state index >= 15 is 0 Å². The molecule has 0 unspecified atom stereocenters. The maximum absolute atomic E-state index is 13.1. The lowest BCUT2D eigenvalue weighted by atomic mass is 9.88. The van der Waals surface area contributed by atoms with E-state index in [1.54, 1.807) is 12.1 Å². The highest BCUT2D eigenvalue weighted by atomic mass is 32.2. The number of fused-ring (bicyclic) bond motifs is 1. The first-order valence-electron chi connectivity index (χ1n) is 10.3. The third kappa shape index (κ3) is 5.18. The van der Waals surface area contributed by atoms with Crippen molar-refractivity contribution in [3.63, 3.8) is 0 Å². The summed E-state index contributed by atoms with van der Waals surface area (Å²) >= 11 is 0. The minimum atomic E-state index is -3.34. The zero-order valence-corrected chi connectivity index (χ0v) is 17.3. The Balaban J connectivity index is 1.42. The molecule has 1 fully saturated rings. The second kappa shape index (κ2) is 8.57. The monoisotopic (exact) mass is 414 g/mol. The van der Waals surface area contributed by atoms with E-state index in [1.807, 2.05) is 30.5 Å². The highest BCUT2D eigenvalue weighted by Crippen LogP contribution is 2.27. The summed E-state index contributed by atoms with van der Waals surface area (Å²) in [6.45, 7) is 0.635. The maximum Gasteiger partial charge on any atom is 0.232 e. The quantitative estimate of drug-likeness (QED) is 0.552. The van der Waals surface area contributed by atoms with Crippen LogP contribution in [0.15, 0.2) is 54.7 Å². The van der Waals surface area contributed by atoms with Gasteiger partial charge < -0.3 is 4.57 Å². The van der Waals surface area contributed by atoms with Gasteiger partial charge in [0.1, 0.15) is 5.82 Å². The van der Waals surface area contributed by atoms with Crippen LogP contribution in [0.25, 0.3) is 10.9 Å². The molecular weight excluding hydrogens is 387 g/mol. The molecule has 1 aromatic heterocycles. The van der Waals surface area contributed by atoms with E-state index < -0.39 is 10.0 Å². The molecule has 0 amide bonds. The van der Waals surface area contributed by atoms with Crippen LogP contribution < -0.4 is 4.72 Å². The molecule has 4 nitrogen and oxygen atoms in total. The van der Waals surface area contributed by atoms with Crippen LogP contribution in [0, 0.1) is 11.7 Å². The highest BCUT2D eigenvalue weighted by molar-refractivity contribution is 7.92. The summed E-state index contributed by atoms with van der Waals surface area (Å²) in [6, 6.07) is 14.0. The molecule has 1 aliphatic carbocycles. The summed E-state index contributed by atoms with van der Waals surface area (Å²) in [4.78, 5) is 0. The molecule has 0 bridgehead atoms. The summed E-state index contributed by atoms with van der Waals surface area (Å²) in [5.41, 5.74) is 2.62. The first-order chi connectivity index (χ1) is 14.0. The van der Waals surface area contributed by atoms with Crippen molar-refractivity contribution in [2.45, 2.75) is 45.1 Å². The number of nitrogens with one attached hydrogen (secondary N) is 1. The molecule has 0 aliphatic heterocycles. The highest BCUT2D eigenvalue weighted by Gasteiger charge is 2.18. The number of benzene rings is 2. The van der Waals surface area contributed by atoms with Crippen molar-refractivity contribution in [2.24, 2.45) is 5.92 Å². The van der Waals surface area contributed by atoms with E-state index in [9.17, 15) is 12.8 Å². The molecule has 4 rings (SSSR count). The Kier molecular flexibility index (Phi) is 5.90. The third-order valence-electron chi connectivity index (χ3n) is 5.83. The number of hydrogen-bond donors (Lipinski definition) is 1. The van der Waals surface area contributed by atoms with E-state index in [1.165, 1.54) is 31.4 Å². The van der Waals surface area contributed by atoms with Gasteiger partial charge in [0.25, 0.3) is 0 Å². The van der Waals surface area contributed by atoms with Gasteiger partial charge in [0.15, 0.2) is 0 Å². The second-order valence-corrected chi connectivity index (χ2v) is 9.90. The van der Waals surface area contributed by atoms with Crippen LogP contribution in [0.3, 0.4) is 0 Å². The van der Waals surface area contributed by atoms with Crippen molar-refractivity contribution in [1.82, 2.24) is 4.57 Å². The average Bonchev–Trinajstić information content (AvgIpc) is 3.11. The molecule has 1 heterocycles. The average molecular weight is 415 g/mol. The molecule has 1 N–H and O–H groups in total. The van der Waals surface area contributed by atoms with Gasteiger partial charge in [-0.2, -0.15) is 0 Å². The lowest BCUT2D eigenvalue weighted by molar-refractivity contribution is 0.350. The normalized spacial score (nSPS) is 15.6. The fraction of sp³-hybridized carbons (Fsp3) is 0.391. The Morgan fingerprint density at radius 2 is 1.76 bits per heavy atom. The Hall–Kier alpha value is -2.34. The molecule has 3 aromatic rings. The van der Waals surface area contributed by atoms with Crippen LogP contribution in [0.5, 0.6) is 0 Å². The number of hydrogen-bond acceptors (Lipinski definition) is 2. The Bertz CT molecular complexity index is 1070. The van der Waals surface area contributed by atoms with Crippen molar-refractivity contribution >= 4 is 26.6 Å². The predicted octanol–water partition coefficient (Wildman–Crippen LogP) is 5.54. The lowest BCUT2D eigenvalue weighted by Gasteiger charge is -2.21.